The summed E-state index contributed by atoms with van der Waals surface area (Å²) in [5.74, 6) is 0.325. The van der Waals surface area contributed by atoms with Crippen LogP contribution in [0.4, 0.5) is 0 Å². The maximum Gasteiger partial charge on any atom is 0.289 e. The molecule has 2 heterocycles. The molecule has 4 rings (SSSR count). The zero-order chi connectivity index (χ0) is 16.7. The molecule has 1 aliphatic carbocycles. The van der Waals surface area contributed by atoms with Crippen molar-refractivity contribution < 1.29 is 19.1 Å². The van der Waals surface area contributed by atoms with E-state index in [1.54, 1.807) is 0 Å². The molecule has 24 heavy (non-hydrogen) atoms. The first-order valence-corrected chi connectivity index (χ1v) is 8.71. The van der Waals surface area contributed by atoms with E-state index in [0.717, 1.165) is 23.8 Å². The summed E-state index contributed by atoms with van der Waals surface area (Å²) in [4.78, 5) is 14.5. The zero-order valence-electron chi connectivity index (χ0n) is 13.9. The summed E-state index contributed by atoms with van der Waals surface area (Å²) in [7, 11) is 0. The number of carbonyl (C=O) groups excluding carboxylic acids is 1. The number of aliphatic hydroxyl groups excluding tert-OH is 1. The molecule has 0 unspecified atom stereocenters. The molecule has 5 nitrogen and oxygen atoms in total. The Balaban J connectivity index is 1.46. The van der Waals surface area contributed by atoms with Gasteiger partial charge in [-0.1, -0.05) is 18.2 Å². The number of likely N-dealkylation sites (tertiary alicyclic amines) is 1. The Kier molecular flexibility index (Phi) is 3.85. The van der Waals surface area contributed by atoms with Gasteiger partial charge in [-0.25, -0.2) is 0 Å². The molecule has 1 saturated heterocycles. The van der Waals surface area contributed by atoms with Gasteiger partial charge in [0.2, 0.25) is 0 Å². The first-order chi connectivity index (χ1) is 11.6. The van der Waals surface area contributed by atoms with Gasteiger partial charge >= 0.3 is 0 Å². The molecule has 0 bridgehead atoms. The number of benzene rings is 1. The average molecular weight is 329 g/mol. The quantitative estimate of drug-likeness (QED) is 0.940. The average Bonchev–Trinajstić information content (AvgIpc) is 3.05. The number of carbonyl (C=O) groups is 1. The Morgan fingerprint density at radius 2 is 2.12 bits per heavy atom. The summed E-state index contributed by atoms with van der Waals surface area (Å²) in [6.07, 6.45) is 2.10. The molecule has 1 aromatic heterocycles. The van der Waals surface area contributed by atoms with Crippen molar-refractivity contribution >= 4 is 16.9 Å². The van der Waals surface area contributed by atoms with Crippen molar-refractivity contribution in [3.63, 3.8) is 0 Å². The molecule has 1 saturated carbocycles. The zero-order valence-corrected chi connectivity index (χ0v) is 13.9. The molecule has 1 N–H and O–H groups in total. The second-order valence-electron chi connectivity index (χ2n) is 6.87. The van der Waals surface area contributed by atoms with Gasteiger partial charge in [0, 0.05) is 36.9 Å². The first-order valence-electron chi connectivity index (χ1n) is 8.71. The van der Waals surface area contributed by atoms with Crippen LogP contribution in [-0.4, -0.2) is 47.8 Å². The van der Waals surface area contributed by atoms with E-state index < -0.39 is 0 Å². The molecule has 2 fully saturated rings. The largest absolute Gasteiger partial charge is 0.451 e. The van der Waals surface area contributed by atoms with Gasteiger partial charge in [-0.05, 0) is 31.9 Å². The second kappa shape index (κ2) is 5.90. The molecule has 2 aliphatic rings. The van der Waals surface area contributed by atoms with Crippen molar-refractivity contribution in [3.05, 3.63) is 36.1 Å². The summed E-state index contributed by atoms with van der Waals surface area (Å²) in [6, 6.07) is 9.45. The summed E-state index contributed by atoms with van der Waals surface area (Å²) < 4.78 is 11.5. The van der Waals surface area contributed by atoms with Crippen molar-refractivity contribution in [2.24, 2.45) is 5.41 Å². The van der Waals surface area contributed by atoms with Gasteiger partial charge in [0.15, 0.2) is 5.76 Å². The van der Waals surface area contributed by atoms with Gasteiger partial charge in [0.25, 0.3) is 5.91 Å². The fourth-order valence-electron chi connectivity index (χ4n) is 4.19. The monoisotopic (exact) mass is 329 g/mol. The van der Waals surface area contributed by atoms with Crippen LogP contribution in [-0.2, 0) is 4.74 Å². The minimum Gasteiger partial charge on any atom is -0.451 e. The van der Waals surface area contributed by atoms with Crippen LogP contribution in [0.2, 0.25) is 0 Å². The Labute approximate surface area is 141 Å². The molecule has 128 valence electrons. The number of para-hydroxylation sites is 1. The third-order valence-corrected chi connectivity index (χ3v) is 5.73. The van der Waals surface area contributed by atoms with E-state index in [0.29, 0.717) is 31.9 Å². The smallest absolute Gasteiger partial charge is 0.289 e. The van der Waals surface area contributed by atoms with Crippen molar-refractivity contribution in [3.8, 4) is 0 Å². The minimum absolute atomic E-state index is 0.0668. The molecular weight excluding hydrogens is 306 g/mol. The van der Waals surface area contributed by atoms with Crippen LogP contribution in [0.25, 0.3) is 11.0 Å². The number of furan rings is 1. The summed E-state index contributed by atoms with van der Waals surface area (Å²) in [5, 5.41) is 11.2. The molecule has 1 spiro atoms. The van der Waals surface area contributed by atoms with E-state index in [1.165, 1.54) is 0 Å². The lowest BCUT2D eigenvalue weighted by Gasteiger charge is -2.56. The third-order valence-electron chi connectivity index (χ3n) is 5.73. The fraction of sp³-hybridized carbons (Fsp3) is 0.526. The normalized spacial score (nSPS) is 25.8. The van der Waals surface area contributed by atoms with E-state index in [9.17, 15) is 9.90 Å². The Hall–Kier alpha value is -1.85. The standard InChI is InChI=1S/C19H23NO4/c1-2-23-17-12-16(21)19(17)7-9-20(10-8-19)18(22)15-11-13-5-3-4-6-14(13)24-15/h3-6,11,16-17,21H,2,7-10,12H2,1H3/t16-,17+/m0/s1. The van der Waals surface area contributed by atoms with Crippen LogP contribution >= 0.6 is 0 Å². The summed E-state index contributed by atoms with van der Waals surface area (Å²) >= 11 is 0. The Bertz CT molecular complexity index is 710. The number of fused-ring (bicyclic) bond motifs is 1. The number of rotatable bonds is 3. The molecule has 0 radical (unpaired) electrons. The van der Waals surface area contributed by atoms with E-state index in [4.69, 9.17) is 9.15 Å². The molecule has 2 atom stereocenters. The summed E-state index contributed by atoms with van der Waals surface area (Å²) in [5.41, 5.74) is 0.570. The topological polar surface area (TPSA) is 62.9 Å². The van der Waals surface area contributed by atoms with Crippen molar-refractivity contribution in [1.82, 2.24) is 4.90 Å². The van der Waals surface area contributed by atoms with Gasteiger partial charge in [-0.15, -0.1) is 0 Å². The predicted octanol–water partition coefficient (Wildman–Crippen LogP) is 2.82. The molecule has 1 amide bonds. The molecule has 1 aliphatic heterocycles. The van der Waals surface area contributed by atoms with Gasteiger partial charge in [0.05, 0.1) is 12.2 Å². The minimum atomic E-state index is -0.308. The molecule has 1 aromatic carbocycles. The van der Waals surface area contributed by atoms with E-state index >= 15 is 0 Å². The molecule has 2 aromatic rings. The number of hydrogen-bond acceptors (Lipinski definition) is 4. The number of amides is 1. The van der Waals surface area contributed by atoms with Crippen molar-refractivity contribution in [2.75, 3.05) is 19.7 Å². The number of piperidine rings is 1. The number of ether oxygens (including phenoxy) is 1. The second-order valence-corrected chi connectivity index (χ2v) is 6.87. The fourth-order valence-corrected chi connectivity index (χ4v) is 4.19. The number of hydrogen-bond donors (Lipinski definition) is 1. The molecular formula is C19H23NO4. The molecule has 5 heteroatoms. The highest BCUT2D eigenvalue weighted by atomic mass is 16.5. The van der Waals surface area contributed by atoms with E-state index in [1.807, 2.05) is 42.2 Å². The first kappa shape index (κ1) is 15.7. The van der Waals surface area contributed by atoms with Gasteiger partial charge in [-0.2, -0.15) is 0 Å². The van der Waals surface area contributed by atoms with Gasteiger partial charge in [0.1, 0.15) is 5.58 Å². The van der Waals surface area contributed by atoms with Crippen LogP contribution in [0, 0.1) is 5.41 Å². The maximum absolute atomic E-state index is 12.7. The van der Waals surface area contributed by atoms with Crippen molar-refractivity contribution in [2.45, 2.75) is 38.4 Å². The van der Waals surface area contributed by atoms with E-state index in [-0.39, 0.29) is 23.5 Å². The van der Waals surface area contributed by atoms with E-state index in [2.05, 4.69) is 0 Å². The van der Waals surface area contributed by atoms with Crippen LogP contribution in [0.5, 0.6) is 0 Å². The van der Waals surface area contributed by atoms with Crippen LogP contribution in [0.15, 0.2) is 34.7 Å². The predicted molar refractivity (Wildman–Crippen MR) is 89.8 cm³/mol. The highest BCUT2D eigenvalue weighted by Gasteiger charge is 2.56. The summed E-state index contributed by atoms with van der Waals surface area (Å²) in [6.45, 7) is 3.92. The third kappa shape index (κ3) is 2.34. The Morgan fingerprint density at radius 1 is 1.38 bits per heavy atom. The van der Waals surface area contributed by atoms with Crippen molar-refractivity contribution in [1.29, 1.82) is 0 Å². The maximum atomic E-state index is 12.7. The van der Waals surface area contributed by atoms with Crippen LogP contribution in [0.3, 0.4) is 0 Å². The lowest BCUT2D eigenvalue weighted by atomic mass is 9.58. The lowest BCUT2D eigenvalue weighted by Crippen LogP contribution is -2.62. The Morgan fingerprint density at radius 3 is 2.79 bits per heavy atom. The lowest BCUT2D eigenvalue weighted by molar-refractivity contribution is -0.207. The number of aliphatic hydroxyl groups is 1. The van der Waals surface area contributed by atoms with Gasteiger partial charge < -0.3 is 19.2 Å². The number of nitrogens with zero attached hydrogens (tertiary/aromatic N) is 1. The van der Waals surface area contributed by atoms with Crippen LogP contribution in [0.1, 0.15) is 36.7 Å². The van der Waals surface area contributed by atoms with Gasteiger partial charge in [-0.3, -0.25) is 4.79 Å². The highest BCUT2D eigenvalue weighted by molar-refractivity contribution is 5.96. The highest BCUT2D eigenvalue weighted by Crippen LogP contribution is 2.51. The van der Waals surface area contributed by atoms with Crippen LogP contribution < -0.4 is 0 Å². The SMILES string of the molecule is CCO[C@@H]1C[C@H](O)C12CCN(C(=O)c1cc3ccccc3o1)CC2.